The number of nitrogens with zero attached hydrogens (tertiary/aromatic N) is 3. The first kappa shape index (κ1) is 17.3. The molecule has 1 saturated heterocycles. The Morgan fingerprint density at radius 1 is 1.30 bits per heavy atom. The number of piperidine rings is 1. The smallest absolute Gasteiger partial charge is 0.276 e. The monoisotopic (exact) mass is 392 g/mol. The molecule has 2 N–H and O–H groups in total. The number of aromatic nitrogens is 2. The van der Waals surface area contributed by atoms with Crippen LogP contribution in [0.4, 0.5) is 4.39 Å². The molecule has 2 aliphatic carbocycles. The van der Waals surface area contributed by atoms with Crippen LogP contribution in [0.1, 0.15) is 60.4 Å². The number of fused-ring (bicyclic) bond motifs is 1. The fourth-order valence-corrected chi connectivity index (χ4v) is 5.54. The molecule has 1 aromatic carbocycles. The Morgan fingerprint density at radius 2 is 2.07 bits per heavy atom. The predicted molar refractivity (Wildman–Crippen MR) is 94.6 cm³/mol. The molecule has 1 unspecified atom stereocenters. The van der Waals surface area contributed by atoms with Gasteiger partial charge in [0.05, 0.1) is 5.92 Å². The van der Waals surface area contributed by atoms with Crippen molar-refractivity contribution < 1.29 is 17.3 Å². The van der Waals surface area contributed by atoms with Crippen LogP contribution in [0.15, 0.2) is 22.7 Å². The van der Waals surface area contributed by atoms with E-state index in [-0.39, 0.29) is 23.1 Å². The second-order valence-corrected chi connectivity index (χ2v) is 9.50. The molecular weight excluding hydrogens is 371 g/mol. The summed E-state index contributed by atoms with van der Waals surface area (Å²) in [4.78, 5) is 4.64. The van der Waals surface area contributed by atoms with E-state index in [2.05, 4.69) is 10.1 Å². The molecule has 1 saturated carbocycles. The average Bonchev–Trinajstić information content (AvgIpc) is 3.01. The molecule has 2 fully saturated rings. The van der Waals surface area contributed by atoms with E-state index < -0.39 is 10.2 Å². The zero-order valence-electron chi connectivity index (χ0n) is 14.8. The van der Waals surface area contributed by atoms with Crippen molar-refractivity contribution in [1.82, 2.24) is 14.4 Å². The van der Waals surface area contributed by atoms with E-state index in [0.29, 0.717) is 31.2 Å². The summed E-state index contributed by atoms with van der Waals surface area (Å²) in [7, 11) is -3.62. The lowest BCUT2D eigenvalue weighted by molar-refractivity contribution is 0.249. The molecule has 9 heteroatoms. The highest BCUT2D eigenvalue weighted by Crippen LogP contribution is 2.64. The Morgan fingerprint density at radius 3 is 2.81 bits per heavy atom. The molecule has 0 radical (unpaired) electrons. The lowest BCUT2D eigenvalue weighted by atomic mass is 9.92. The van der Waals surface area contributed by atoms with Gasteiger partial charge in [-0.15, -0.1) is 0 Å². The lowest BCUT2D eigenvalue weighted by Crippen LogP contribution is -2.43. The molecule has 2 heterocycles. The van der Waals surface area contributed by atoms with E-state index in [0.717, 1.165) is 36.8 Å². The van der Waals surface area contributed by atoms with E-state index in [4.69, 9.17) is 9.66 Å². The molecule has 3 aliphatic rings. The zero-order valence-corrected chi connectivity index (χ0v) is 15.6. The summed E-state index contributed by atoms with van der Waals surface area (Å²) in [5.74, 6) is 1.23. The van der Waals surface area contributed by atoms with Crippen molar-refractivity contribution in [2.45, 2.75) is 43.9 Å². The minimum atomic E-state index is -3.62. The molecule has 1 aromatic heterocycles. The molecular formula is C18H21FN4O3S. The van der Waals surface area contributed by atoms with Gasteiger partial charge in [0.1, 0.15) is 5.82 Å². The van der Waals surface area contributed by atoms with E-state index >= 15 is 0 Å². The molecule has 0 bridgehead atoms. The summed E-state index contributed by atoms with van der Waals surface area (Å²) in [5.41, 5.74) is 1.75. The van der Waals surface area contributed by atoms with Crippen LogP contribution in [0.5, 0.6) is 0 Å². The molecule has 7 nitrogen and oxygen atoms in total. The van der Waals surface area contributed by atoms with Gasteiger partial charge in [-0.25, -0.2) is 9.53 Å². The Labute approximate surface area is 156 Å². The van der Waals surface area contributed by atoms with Crippen molar-refractivity contribution in [2.75, 3.05) is 13.1 Å². The second-order valence-electron chi connectivity index (χ2n) is 7.95. The third-order valence-electron chi connectivity index (χ3n) is 6.55. The van der Waals surface area contributed by atoms with Crippen LogP contribution in [-0.2, 0) is 16.6 Å². The van der Waals surface area contributed by atoms with Crippen molar-refractivity contribution in [3.05, 3.63) is 46.9 Å². The van der Waals surface area contributed by atoms with Crippen LogP contribution in [0.2, 0.25) is 0 Å². The Balaban J connectivity index is 1.32. The van der Waals surface area contributed by atoms with E-state index in [1.165, 1.54) is 10.4 Å². The summed E-state index contributed by atoms with van der Waals surface area (Å²) in [6.07, 6.45) is 3.92. The lowest BCUT2D eigenvalue weighted by Gasteiger charge is -2.30. The maximum atomic E-state index is 14.0. The van der Waals surface area contributed by atoms with Crippen molar-refractivity contribution in [3.63, 3.8) is 0 Å². The third kappa shape index (κ3) is 2.79. The van der Waals surface area contributed by atoms with Gasteiger partial charge in [-0.2, -0.15) is 17.7 Å². The largest absolute Gasteiger partial charge is 0.339 e. The topological polar surface area (TPSA) is 102 Å². The van der Waals surface area contributed by atoms with Gasteiger partial charge in [0.25, 0.3) is 10.2 Å². The highest BCUT2D eigenvalue weighted by molar-refractivity contribution is 7.86. The summed E-state index contributed by atoms with van der Waals surface area (Å²) < 4.78 is 43.8. The fourth-order valence-electron chi connectivity index (χ4n) is 4.85. The van der Waals surface area contributed by atoms with Crippen LogP contribution in [-0.4, -0.2) is 36.0 Å². The number of benzene rings is 1. The maximum Gasteiger partial charge on any atom is 0.276 e. The van der Waals surface area contributed by atoms with Gasteiger partial charge in [-0.3, -0.25) is 0 Å². The summed E-state index contributed by atoms with van der Waals surface area (Å²) >= 11 is 0. The Hall–Kier alpha value is -1.84. The number of hydrogen-bond acceptors (Lipinski definition) is 5. The van der Waals surface area contributed by atoms with Gasteiger partial charge < -0.3 is 4.52 Å². The SMILES string of the molecule is NS(=O)(=O)N1CCC2(CC1)C[C@H]2c1noc(C2CCc3c(F)cccc32)n1. The highest BCUT2D eigenvalue weighted by atomic mass is 32.2. The minimum Gasteiger partial charge on any atom is -0.339 e. The van der Waals surface area contributed by atoms with Crippen LogP contribution >= 0.6 is 0 Å². The fraction of sp³-hybridized carbons (Fsp3) is 0.556. The average molecular weight is 392 g/mol. The van der Waals surface area contributed by atoms with Gasteiger partial charge in [-0.05, 0) is 54.7 Å². The quantitative estimate of drug-likeness (QED) is 0.861. The number of halogens is 1. The first-order valence-corrected chi connectivity index (χ1v) is 10.8. The molecule has 27 heavy (non-hydrogen) atoms. The van der Waals surface area contributed by atoms with Crippen molar-refractivity contribution in [2.24, 2.45) is 10.6 Å². The molecule has 0 amide bonds. The second kappa shape index (κ2) is 5.83. The molecule has 144 valence electrons. The number of nitrogens with two attached hydrogens (primary N) is 1. The Bertz CT molecular complexity index is 998. The maximum absolute atomic E-state index is 14.0. The summed E-state index contributed by atoms with van der Waals surface area (Å²) in [5, 5.41) is 9.42. The normalized spacial score (nSPS) is 27.0. The summed E-state index contributed by atoms with van der Waals surface area (Å²) in [6.45, 7) is 0.880. The summed E-state index contributed by atoms with van der Waals surface area (Å²) in [6, 6.07) is 5.14. The molecule has 5 rings (SSSR count). The first-order valence-electron chi connectivity index (χ1n) is 9.26. The van der Waals surface area contributed by atoms with E-state index in [1.807, 2.05) is 6.07 Å². The third-order valence-corrected chi connectivity index (χ3v) is 7.63. The van der Waals surface area contributed by atoms with Crippen molar-refractivity contribution in [1.29, 1.82) is 0 Å². The van der Waals surface area contributed by atoms with Gasteiger partial charge in [0.2, 0.25) is 5.89 Å². The van der Waals surface area contributed by atoms with E-state index in [9.17, 15) is 12.8 Å². The molecule has 2 atom stereocenters. The first-order chi connectivity index (χ1) is 12.9. The Kier molecular flexibility index (Phi) is 3.73. The van der Waals surface area contributed by atoms with Crippen molar-refractivity contribution in [3.8, 4) is 0 Å². The van der Waals surface area contributed by atoms with Crippen LogP contribution < -0.4 is 5.14 Å². The van der Waals surface area contributed by atoms with Crippen LogP contribution in [0.3, 0.4) is 0 Å². The standard InChI is InChI=1S/C18H21FN4O3S/c19-15-3-1-2-11-12(15)4-5-13(11)17-21-16(22-26-17)14-10-18(14)6-8-23(9-7-18)27(20,24)25/h1-3,13-14H,4-10H2,(H2,20,24,25)/t13?,14-/m0/s1. The number of hydrogen-bond donors (Lipinski definition) is 1. The van der Waals surface area contributed by atoms with Crippen molar-refractivity contribution >= 4 is 10.2 Å². The predicted octanol–water partition coefficient (Wildman–Crippen LogP) is 2.06. The minimum absolute atomic E-state index is 0.0455. The molecule has 1 aliphatic heterocycles. The molecule has 1 spiro atoms. The van der Waals surface area contributed by atoms with E-state index in [1.54, 1.807) is 6.07 Å². The van der Waals surface area contributed by atoms with Gasteiger partial charge in [-0.1, -0.05) is 17.3 Å². The van der Waals surface area contributed by atoms with Gasteiger partial charge in [0, 0.05) is 19.0 Å². The molecule has 2 aromatic rings. The van der Waals surface area contributed by atoms with Gasteiger partial charge >= 0.3 is 0 Å². The number of rotatable bonds is 3. The van der Waals surface area contributed by atoms with Crippen LogP contribution in [0.25, 0.3) is 0 Å². The highest BCUT2D eigenvalue weighted by Gasteiger charge is 2.58. The van der Waals surface area contributed by atoms with Gasteiger partial charge in [0.15, 0.2) is 5.82 Å². The van der Waals surface area contributed by atoms with Crippen LogP contribution in [0, 0.1) is 11.2 Å². The zero-order chi connectivity index (χ0) is 18.8.